The van der Waals surface area contributed by atoms with E-state index < -0.39 is 11.8 Å². The van der Waals surface area contributed by atoms with Crippen LogP contribution in [0.5, 0.6) is 0 Å². The van der Waals surface area contributed by atoms with Crippen LogP contribution in [0.1, 0.15) is 17.4 Å². The minimum absolute atomic E-state index is 0.185. The third-order valence-electron chi connectivity index (χ3n) is 2.12. The molecule has 0 aromatic carbocycles. The Bertz CT molecular complexity index is 545. The fourth-order valence-corrected chi connectivity index (χ4v) is 1.43. The molecule has 0 amide bonds. The second kappa shape index (κ2) is 4.14. The summed E-state index contributed by atoms with van der Waals surface area (Å²) >= 11 is 0. The minimum atomic E-state index is -0.844. The summed E-state index contributed by atoms with van der Waals surface area (Å²) in [6.45, 7) is 1.84. The Morgan fingerprint density at radius 3 is 3.00 bits per heavy atom. The molecule has 5 nitrogen and oxygen atoms in total. The zero-order valence-electron chi connectivity index (χ0n) is 8.71. The SMILES string of the molecule is CCOC(=O)C(=O)c1cccc2nccn12. The average Bonchev–Trinajstić information content (AvgIpc) is 2.76. The van der Waals surface area contributed by atoms with Crippen LogP contribution in [-0.2, 0) is 9.53 Å². The number of esters is 1. The third-order valence-corrected chi connectivity index (χ3v) is 2.12. The molecule has 0 N–H and O–H groups in total. The second-order valence-corrected chi connectivity index (χ2v) is 3.12. The molecule has 0 aliphatic carbocycles. The number of ketones is 1. The number of hydrogen-bond acceptors (Lipinski definition) is 4. The molecule has 2 heterocycles. The van der Waals surface area contributed by atoms with E-state index in [0.717, 1.165) is 0 Å². The molecule has 0 radical (unpaired) electrons. The number of pyridine rings is 1. The van der Waals surface area contributed by atoms with Crippen molar-refractivity contribution >= 4 is 17.4 Å². The Balaban J connectivity index is 2.43. The first-order valence-electron chi connectivity index (χ1n) is 4.87. The first-order chi connectivity index (χ1) is 7.74. The number of aromatic nitrogens is 2. The number of hydrogen-bond donors (Lipinski definition) is 0. The molecule has 82 valence electrons. The molecule has 2 aromatic rings. The van der Waals surface area contributed by atoms with Gasteiger partial charge in [-0.1, -0.05) is 6.07 Å². The van der Waals surface area contributed by atoms with Crippen LogP contribution in [0.2, 0.25) is 0 Å². The predicted molar refractivity (Wildman–Crippen MR) is 56.2 cm³/mol. The van der Waals surface area contributed by atoms with Crippen LogP contribution in [0.25, 0.3) is 5.65 Å². The van der Waals surface area contributed by atoms with Gasteiger partial charge in [-0.25, -0.2) is 9.78 Å². The van der Waals surface area contributed by atoms with Crippen molar-refractivity contribution in [2.75, 3.05) is 6.61 Å². The van der Waals surface area contributed by atoms with Crippen LogP contribution in [-0.4, -0.2) is 27.7 Å². The highest BCUT2D eigenvalue weighted by Gasteiger charge is 2.19. The van der Waals surface area contributed by atoms with Gasteiger partial charge >= 0.3 is 5.97 Å². The lowest BCUT2D eigenvalue weighted by atomic mass is 10.2. The summed E-state index contributed by atoms with van der Waals surface area (Å²) in [7, 11) is 0. The van der Waals surface area contributed by atoms with Crippen LogP contribution >= 0.6 is 0 Å². The van der Waals surface area contributed by atoms with Gasteiger partial charge in [0.1, 0.15) is 11.3 Å². The Kier molecular flexibility index (Phi) is 2.68. The maximum atomic E-state index is 11.7. The molecule has 0 saturated carbocycles. The quantitative estimate of drug-likeness (QED) is 0.439. The molecule has 0 unspecified atom stereocenters. The summed E-state index contributed by atoms with van der Waals surface area (Å²) in [6.07, 6.45) is 3.19. The molecule has 2 aromatic heterocycles. The molecule has 0 saturated heterocycles. The molecular formula is C11H10N2O3. The van der Waals surface area contributed by atoms with E-state index in [2.05, 4.69) is 9.72 Å². The van der Waals surface area contributed by atoms with E-state index in [0.29, 0.717) is 5.65 Å². The number of Topliss-reactive ketones (excluding diaryl/α,β-unsaturated/α-hetero) is 1. The molecule has 0 bridgehead atoms. The number of ether oxygens (including phenoxy) is 1. The van der Waals surface area contributed by atoms with Gasteiger partial charge in [0.05, 0.1) is 6.61 Å². The number of nitrogens with zero attached hydrogens (tertiary/aromatic N) is 2. The van der Waals surface area contributed by atoms with E-state index >= 15 is 0 Å². The average molecular weight is 218 g/mol. The maximum absolute atomic E-state index is 11.7. The van der Waals surface area contributed by atoms with Crippen molar-refractivity contribution in [3.8, 4) is 0 Å². The topological polar surface area (TPSA) is 60.7 Å². The van der Waals surface area contributed by atoms with E-state index in [9.17, 15) is 9.59 Å². The normalized spacial score (nSPS) is 10.3. The Morgan fingerprint density at radius 1 is 1.44 bits per heavy atom. The summed E-state index contributed by atoms with van der Waals surface area (Å²) in [5.74, 6) is -1.51. The van der Waals surface area contributed by atoms with E-state index in [1.807, 2.05) is 0 Å². The summed E-state index contributed by atoms with van der Waals surface area (Å²) in [6, 6.07) is 4.99. The van der Waals surface area contributed by atoms with Gasteiger partial charge in [-0.2, -0.15) is 0 Å². The van der Waals surface area contributed by atoms with Crippen molar-refractivity contribution in [2.45, 2.75) is 6.92 Å². The maximum Gasteiger partial charge on any atom is 0.381 e. The van der Waals surface area contributed by atoms with Crippen LogP contribution in [0.3, 0.4) is 0 Å². The van der Waals surface area contributed by atoms with Crippen molar-refractivity contribution in [3.05, 3.63) is 36.3 Å². The molecular weight excluding hydrogens is 208 g/mol. The van der Waals surface area contributed by atoms with Gasteiger partial charge in [0.15, 0.2) is 0 Å². The van der Waals surface area contributed by atoms with Crippen molar-refractivity contribution in [1.29, 1.82) is 0 Å². The molecule has 16 heavy (non-hydrogen) atoms. The van der Waals surface area contributed by atoms with Crippen molar-refractivity contribution in [2.24, 2.45) is 0 Å². The lowest BCUT2D eigenvalue weighted by molar-refractivity contribution is -0.137. The van der Waals surface area contributed by atoms with Gasteiger partial charge in [-0.05, 0) is 19.1 Å². The van der Waals surface area contributed by atoms with Gasteiger partial charge in [0.25, 0.3) is 5.78 Å². The number of rotatable bonds is 3. The highest BCUT2D eigenvalue weighted by molar-refractivity contribution is 6.40. The minimum Gasteiger partial charge on any atom is -0.460 e. The highest BCUT2D eigenvalue weighted by atomic mass is 16.5. The predicted octanol–water partition coefficient (Wildman–Crippen LogP) is 1.08. The van der Waals surface area contributed by atoms with Crippen molar-refractivity contribution < 1.29 is 14.3 Å². The van der Waals surface area contributed by atoms with Gasteiger partial charge in [-0.15, -0.1) is 0 Å². The summed E-state index contributed by atoms with van der Waals surface area (Å²) in [5.41, 5.74) is 0.878. The fourth-order valence-electron chi connectivity index (χ4n) is 1.43. The monoisotopic (exact) mass is 218 g/mol. The zero-order valence-corrected chi connectivity index (χ0v) is 8.71. The van der Waals surface area contributed by atoms with Gasteiger partial charge < -0.3 is 4.74 Å². The lowest BCUT2D eigenvalue weighted by Crippen LogP contribution is -2.19. The zero-order chi connectivity index (χ0) is 11.5. The van der Waals surface area contributed by atoms with Crippen molar-refractivity contribution in [3.63, 3.8) is 0 Å². The number of imidazole rings is 1. The van der Waals surface area contributed by atoms with Crippen molar-refractivity contribution in [1.82, 2.24) is 9.38 Å². The van der Waals surface area contributed by atoms with E-state index in [4.69, 9.17) is 0 Å². The summed E-state index contributed by atoms with van der Waals surface area (Å²) in [4.78, 5) is 27.1. The first-order valence-corrected chi connectivity index (χ1v) is 4.87. The Morgan fingerprint density at radius 2 is 2.25 bits per heavy atom. The third kappa shape index (κ3) is 1.67. The molecule has 0 atom stereocenters. The largest absolute Gasteiger partial charge is 0.460 e. The smallest absolute Gasteiger partial charge is 0.381 e. The standard InChI is InChI=1S/C11H10N2O3/c1-2-16-11(15)10(14)8-4-3-5-9-12-6-7-13(8)9/h3-7H,2H2,1H3. The van der Waals surface area contributed by atoms with Gasteiger partial charge in [0, 0.05) is 12.4 Å². The van der Waals surface area contributed by atoms with Gasteiger partial charge in [0.2, 0.25) is 0 Å². The fraction of sp³-hybridized carbons (Fsp3) is 0.182. The number of fused-ring (bicyclic) bond motifs is 1. The van der Waals surface area contributed by atoms with E-state index in [1.54, 1.807) is 41.9 Å². The molecule has 0 fully saturated rings. The first kappa shape index (κ1) is 10.4. The Hall–Kier alpha value is -2.17. The van der Waals surface area contributed by atoms with Gasteiger partial charge in [-0.3, -0.25) is 9.20 Å². The number of carbonyl (C=O) groups is 2. The second-order valence-electron chi connectivity index (χ2n) is 3.12. The van der Waals surface area contributed by atoms with E-state index in [1.165, 1.54) is 0 Å². The Labute approximate surface area is 91.7 Å². The van der Waals surface area contributed by atoms with Crippen LogP contribution in [0, 0.1) is 0 Å². The highest BCUT2D eigenvalue weighted by Crippen LogP contribution is 2.07. The van der Waals surface area contributed by atoms with Crippen LogP contribution in [0.4, 0.5) is 0 Å². The van der Waals surface area contributed by atoms with E-state index in [-0.39, 0.29) is 12.3 Å². The lowest BCUT2D eigenvalue weighted by Gasteiger charge is -2.03. The molecule has 0 spiro atoms. The molecule has 0 aliphatic rings. The number of carbonyl (C=O) groups excluding carboxylic acids is 2. The van der Waals surface area contributed by atoms with Crippen LogP contribution < -0.4 is 0 Å². The van der Waals surface area contributed by atoms with Crippen LogP contribution in [0.15, 0.2) is 30.6 Å². The summed E-state index contributed by atoms with van der Waals surface area (Å²) in [5, 5.41) is 0. The summed E-state index contributed by atoms with van der Waals surface area (Å²) < 4.78 is 6.22. The molecule has 2 rings (SSSR count). The molecule has 0 aliphatic heterocycles. The molecule has 5 heteroatoms.